The smallest absolute Gasteiger partial charge is 0.0184 e. The third-order valence-corrected chi connectivity index (χ3v) is 9.44. The molecule has 6 aromatic carbocycles. The van der Waals surface area contributed by atoms with Crippen LogP contribution in [-0.2, 0) is 19.3 Å². The molecule has 0 radical (unpaired) electrons. The fourth-order valence-electron chi connectivity index (χ4n) is 6.08. The van der Waals surface area contributed by atoms with Crippen molar-refractivity contribution in [3.63, 3.8) is 0 Å². The van der Waals surface area contributed by atoms with Gasteiger partial charge in [-0.15, -0.1) is 0 Å². The zero-order valence-electron chi connectivity index (χ0n) is 32.2. The molecule has 0 saturated carbocycles. The lowest BCUT2D eigenvalue weighted by Gasteiger charge is -2.05. The van der Waals surface area contributed by atoms with E-state index in [0.29, 0.717) is 0 Å². The van der Waals surface area contributed by atoms with Gasteiger partial charge in [0, 0.05) is 0 Å². The number of rotatable bonds is 12. The molecule has 6 aromatic rings. The van der Waals surface area contributed by atoms with E-state index in [9.17, 15) is 0 Å². The van der Waals surface area contributed by atoms with Crippen molar-refractivity contribution in [1.29, 1.82) is 0 Å². The van der Waals surface area contributed by atoms with Crippen LogP contribution in [0, 0.1) is 20.8 Å². The highest BCUT2D eigenvalue weighted by molar-refractivity contribution is 5.65. The quantitative estimate of drug-likeness (QED) is 0.114. The maximum Gasteiger partial charge on any atom is -0.0184 e. The first kappa shape index (κ1) is 39.1. The molecule has 0 spiro atoms. The summed E-state index contributed by atoms with van der Waals surface area (Å²) in [7, 11) is 0. The zero-order chi connectivity index (χ0) is 36.3. The highest BCUT2D eigenvalue weighted by Crippen LogP contribution is 2.23. The molecule has 0 aromatic heterocycles. The third kappa shape index (κ3) is 13.5. The molecule has 0 amide bonds. The molecule has 0 N–H and O–H groups in total. The standard InChI is InChI=1S/C18H22.C17H20.C16H18/c1-3-4-5-6-16-9-13-18(14-10-16)17-11-7-15(2)8-12-17;1-3-4-5-15-8-12-17(13-9-15)16-10-6-14(2)7-11-16;1-3-4-14-7-11-16(12-8-14)15-9-5-13(2)6-10-15/h7-14H,3-6H2,1-2H3;6-13H,3-5H2,1-2H3;5-12H,3-4H2,1-2H3. The summed E-state index contributed by atoms with van der Waals surface area (Å²) in [6.45, 7) is 13.1. The Bertz CT molecular complexity index is 1790. The molecule has 0 aliphatic rings. The minimum Gasteiger partial charge on any atom is -0.0654 e. The summed E-state index contributed by atoms with van der Waals surface area (Å²) in [6, 6.07) is 53.0. The van der Waals surface area contributed by atoms with Crippen LogP contribution in [0.4, 0.5) is 0 Å². The molecule has 0 nitrogen and oxygen atoms in total. The zero-order valence-corrected chi connectivity index (χ0v) is 32.2. The predicted octanol–water partition coefficient (Wildman–Crippen LogP) is 15.0. The van der Waals surface area contributed by atoms with Crippen molar-refractivity contribution in [2.75, 3.05) is 0 Å². The molecule has 0 aliphatic heterocycles. The van der Waals surface area contributed by atoms with E-state index in [1.807, 2.05) is 0 Å². The van der Waals surface area contributed by atoms with Crippen LogP contribution < -0.4 is 0 Å². The highest BCUT2D eigenvalue weighted by atomic mass is 14.1. The first-order valence-electron chi connectivity index (χ1n) is 19.4. The van der Waals surface area contributed by atoms with Crippen molar-refractivity contribution in [3.05, 3.63) is 179 Å². The maximum atomic E-state index is 2.27. The van der Waals surface area contributed by atoms with Crippen LogP contribution in [0.15, 0.2) is 146 Å². The normalized spacial score (nSPS) is 10.5. The Morgan fingerprint density at radius 2 is 0.510 bits per heavy atom. The average molecular weight is 673 g/mol. The minimum atomic E-state index is 1.17. The minimum absolute atomic E-state index is 1.17. The highest BCUT2D eigenvalue weighted by Gasteiger charge is 2.00. The van der Waals surface area contributed by atoms with Crippen molar-refractivity contribution in [2.45, 2.75) is 99.3 Å². The number of aryl methyl sites for hydroxylation is 6. The van der Waals surface area contributed by atoms with Gasteiger partial charge in [0.15, 0.2) is 0 Å². The monoisotopic (exact) mass is 672 g/mol. The van der Waals surface area contributed by atoms with Gasteiger partial charge in [-0.05, 0) is 103 Å². The summed E-state index contributed by atoms with van der Waals surface area (Å²) in [5, 5.41) is 0. The van der Waals surface area contributed by atoms with Crippen LogP contribution in [-0.4, -0.2) is 0 Å². The predicted molar refractivity (Wildman–Crippen MR) is 226 cm³/mol. The summed E-state index contributed by atoms with van der Waals surface area (Å²) >= 11 is 0. The lowest BCUT2D eigenvalue weighted by Crippen LogP contribution is -1.86. The molecule has 51 heavy (non-hydrogen) atoms. The summed E-state index contributed by atoms with van der Waals surface area (Å²) in [5.74, 6) is 0. The molecule has 0 unspecified atom stereocenters. The number of benzene rings is 6. The second-order valence-electron chi connectivity index (χ2n) is 14.0. The fraction of sp³-hybridized carbons (Fsp3) is 0.294. The maximum absolute atomic E-state index is 2.27. The Hall–Kier alpha value is -4.68. The third-order valence-electron chi connectivity index (χ3n) is 9.44. The summed E-state index contributed by atoms with van der Waals surface area (Å²) < 4.78 is 0. The molecule has 0 heterocycles. The topological polar surface area (TPSA) is 0 Å². The van der Waals surface area contributed by atoms with Gasteiger partial charge in [-0.1, -0.05) is 209 Å². The Morgan fingerprint density at radius 3 is 0.784 bits per heavy atom. The van der Waals surface area contributed by atoms with Gasteiger partial charge in [-0.3, -0.25) is 0 Å². The summed E-state index contributed by atoms with van der Waals surface area (Å²) in [6.07, 6.45) is 11.3. The van der Waals surface area contributed by atoms with Crippen molar-refractivity contribution >= 4 is 0 Å². The van der Waals surface area contributed by atoms with Gasteiger partial charge >= 0.3 is 0 Å². The average Bonchev–Trinajstić information content (AvgIpc) is 3.17. The molecule has 264 valence electrons. The number of hydrogen-bond acceptors (Lipinski definition) is 0. The van der Waals surface area contributed by atoms with Gasteiger partial charge in [0.2, 0.25) is 0 Å². The van der Waals surface area contributed by atoms with E-state index >= 15 is 0 Å². The molecular weight excluding hydrogens is 613 g/mol. The van der Waals surface area contributed by atoms with Gasteiger partial charge in [-0.25, -0.2) is 0 Å². The molecule has 0 bridgehead atoms. The van der Waals surface area contributed by atoms with E-state index in [-0.39, 0.29) is 0 Å². The lowest BCUT2D eigenvalue weighted by atomic mass is 10.0. The van der Waals surface area contributed by atoms with E-state index in [1.165, 1.54) is 125 Å². The van der Waals surface area contributed by atoms with E-state index in [1.54, 1.807) is 0 Å². The van der Waals surface area contributed by atoms with Crippen LogP contribution in [0.1, 0.15) is 92.7 Å². The summed E-state index contributed by atoms with van der Waals surface area (Å²) in [5.41, 5.74) is 16.1. The summed E-state index contributed by atoms with van der Waals surface area (Å²) in [4.78, 5) is 0. The molecule has 6 rings (SSSR count). The Balaban J connectivity index is 0.000000172. The molecule has 0 saturated heterocycles. The second kappa shape index (κ2) is 21.5. The van der Waals surface area contributed by atoms with E-state index in [4.69, 9.17) is 0 Å². The molecule has 0 fully saturated rings. The van der Waals surface area contributed by atoms with Crippen molar-refractivity contribution in [1.82, 2.24) is 0 Å². The van der Waals surface area contributed by atoms with Gasteiger partial charge < -0.3 is 0 Å². The van der Waals surface area contributed by atoms with Crippen molar-refractivity contribution < 1.29 is 0 Å². The van der Waals surface area contributed by atoms with E-state index in [0.717, 1.165) is 0 Å². The number of hydrogen-bond donors (Lipinski definition) is 0. The van der Waals surface area contributed by atoms with Crippen LogP contribution in [0.25, 0.3) is 33.4 Å². The Kier molecular flexibility index (Phi) is 16.5. The molecule has 0 atom stereocenters. The van der Waals surface area contributed by atoms with Gasteiger partial charge in [0.25, 0.3) is 0 Å². The van der Waals surface area contributed by atoms with Gasteiger partial charge in [0.1, 0.15) is 0 Å². The van der Waals surface area contributed by atoms with Crippen LogP contribution in [0.3, 0.4) is 0 Å². The molecule has 0 heteroatoms. The Morgan fingerprint density at radius 1 is 0.255 bits per heavy atom. The van der Waals surface area contributed by atoms with E-state index < -0.39 is 0 Å². The van der Waals surface area contributed by atoms with Gasteiger partial charge in [0.05, 0.1) is 0 Å². The lowest BCUT2D eigenvalue weighted by molar-refractivity contribution is 0.717. The van der Waals surface area contributed by atoms with Crippen LogP contribution in [0.5, 0.6) is 0 Å². The number of unbranched alkanes of at least 4 members (excludes halogenated alkanes) is 3. The fourth-order valence-corrected chi connectivity index (χ4v) is 6.08. The largest absolute Gasteiger partial charge is 0.0654 e. The molecule has 0 aliphatic carbocycles. The molecular formula is C51H60. The van der Waals surface area contributed by atoms with Crippen LogP contribution in [0.2, 0.25) is 0 Å². The van der Waals surface area contributed by atoms with E-state index in [2.05, 4.69) is 187 Å². The first-order chi connectivity index (χ1) is 24.9. The van der Waals surface area contributed by atoms with Gasteiger partial charge in [-0.2, -0.15) is 0 Å². The SMILES string of the molecule is CCCCCc1ccc(-c2ccc(C)cc2)cc1.CCCCc1ccc(-c2ccc(C)cc2)cc1.CCCc1ccc(-c2ccc(C)cc2)cc1. The Labute approximate surface area is 310 Å². The van der Waals surface area contributed by atoms with Crippen LogP contribution >= 0.6 is 0 Å². The first-order valence-corrected chi connectivity index (χ1v) is 19.4. The van der Waals surface area contributed by atoms with Crippen molar-refractivity contribution in [2.24, 2.45) is 0 Å². The second-order valence-corrected chi connectivity index (χ2v) is 14.0. The van der Waals surface area contributed by atoms with Crippen molar-refractivity contribution in [3.8, 4) is 33.4 Å².